The standard InChI is InChI=1S/C32H35N3O3/c1-5-34(6-2)24-13-16-26(20(3)17-24)32-31-28(33-27-9-7-8-10-29(27)35(32)21(4)36)18-23(19-30(31)38)22-11-14-25(37)15-12-22/h7-17,23,31-32,37H,5-6,18-19H2,1-4H3. The van der Waals surface area contributed by atoms with Crippen molar-refractivity contribution in [3.05, 3.63) is 83.4 Å². The third-order valence-electron chi connectivity index (χ3n) is 8.01. The van der Waals surface area contributed by atoms with E-state index >= 15 is 0 Å². The number of nitrogens with zero attached hydrogens (tertiary/aromatic N) is 3. The van der Waals surface area contributed by atoms with E-state index < -0.39 is 12.0 Å². The van der Waals surface area contributed by atoms with Crippen LogP contribution in [0.15, 0.2) is 71.7 Å². The normalized spacial score (nSPS) is 20.7. The molecule has 0 bridgehead atoms. The summed E-state index contributed by atoms with van der Waals surface area (Å²) in [5, 5.41) is 9.76. The van der Waals surface area contributed by atoms with E-state index in [1.54, 1.807) is 24.0 Å². The van der Waals surface area contributed by atoms with Crippen LogP contribution in [-0.2, 0) is 9.59 Å². The Kier molecular flexibility index (Phi) is 7.06. The van der Waals surface area contributed by atoms with E-state index in [9.17, 15) is 14.7 Å². The number of ketones is 1. The number of fused-ring (bicyclic) bond motifs is 2. The van der Waals surface area contributed by atoms with Gasteiger partial charge in [-0.2, -0.15) is 0 Å². The summed E-state index contributed by atoms with van der Waals surface area (Å²) >= 11 is 0. The Hall–Kier alpha value is -3.93. The molecule has 1 aliphatic heterocycles. The van der Waals surface area contributed by atoms with E-state index in [1.165, 1.54) is 0 Å². The molecule has 0 radical (unpaired) electrons. The molecule has 5 rings (SSSR count). The van der Waals surface area contributed by atoms with Crippen molar-refractivity contribution < 1.29 is 14.7 Å². The van der Waals surface area contributed by atoms with Crippen LogP contribution in [-0.4, -0.2) is 35.6 Å². The molecule has 196 valence electrons. The predicted molar refractivity (Wildman–Crippen MR) is 153 cm³/mol. The Morgan fingerprint density at radius 1 is 1.03 bits per heavy atom. The third-order valence-corrected chi connectivity index (χ3v) is 8.01. The zero-order valence-electron chi connectivity index (χ0n) is 22.5. The van der Waals surface area contributed by atoms with Crippen molar-refractivity contribution >= 4 is 34.5 Å². The molecular formula is C32H35N3O3. The Labute approximate surface area is 224 Å². The summed E-state index contributed by atoms with van der Waals surface area (Å²) in [5.41, 5.74) is 6.42. The lowest BCUT2D eigenvalue weighted by Crippen LogP contribution is -2.45. The van der Waals surface area contributed by atoms with E-state index in [0.717, 1.165) is 46.9 Å². The fraction of sp³-hybridized carbons (Fsp3) is 0.344. The van der Waals surface area contributed by atoms with Crippen LogP contribution < -0.4 is 9.80 Å². The van der Waals surface area contributed by atoms with Gasteiger partial charge in [0, 0.05) is 37.8 Å². The van der Waals surface area contributed by atoms with Gasteiger partial charge in [0.25, 0.3) is 0 Å². The highest BCUT2D eigenvalue weighted by Gasteiger charge is 2.46. The Bertz CT molecular complexity index is 1390. The smallest absolute Gasteiger partial charge is 0.224 e. The molecule has 0 aromatic heterocycles. The number of rotatable bonds is 5. The topological polar surface area (TPSA) is 73.2 Å². The molecule has 1 saturated carbocycles. The second-order valence-corrected chi connectivity index (χ2v) is 10.3. The van der Waals surface area contributed by atoms with E-state index in [0.29, 0.717) is 18.5 Å². The number of hydrogen-bond donors (Lipinski definition) is 1. The lowest BCUT2D eigenvalue weighted by molar-refractivity contribution is -0.123. The number of Topliss-reactive ketones (excluding diaryl/α,β-unsaturated/α-hetero) is 1. The number of benzene rings is 3. The summed E-state index contributed by atoms with van der Waals surface area (Å²) in [6.07, 6.45) is 0.984. The highest BCUT2D eigenvalue weighted by molar-refractivity contribution is 6.13. The SMILES string of the molecule is CCN(CC)c1ccc(C2C3C(=O)CC(c4ccc(O)cc4)CC3=Nc3ccccc3N2C(C)=O)c(C)c1. The molecule has 3 aromatic rings. The van der Waals surface area contributed by atoms with E-state index in [1.807, 2.05) is 36.4 Å². The number of aliphatic imine (C=N–C) groups is 1. The second kappa shape index (κ2) is 10.4. The first-order chi connectivity index (χ1) is 18.3. The molecule has 0 saturated heterocycles. The van der Waals surface area contributed by atoms with Crippen LogP contribution >= 0.6 is 0 Å². The van der Waals surface area contributed by atoms with Crippen molar-refractivity contribution in [2.75, 3.05) is 22.9 Å². The number of carbonyl (C=O) groups is 2. The molecule has 0 spiro atoms. The fourth-order valence-electron chi connectivity index (χ4n) is 6.14. The molecule has 1 amide bonds. The lowest BCUT2D eigenvalue weighted by atomic mass is 9.71. The molecule has 1 heterocycles. The van der Waals surface area contributed by atoms with E-state index in [2.05, 4.69) is 43.9 Å². The average Bonchev–Trinajstić information content (AvgIpc) is 3.04. The molecule has 1 fully saturated rings. The van der Waals surface area contributed by atoms with Gasteiger partial charge in [0.2, 0.25) is 5.91 Å². The first kappa shape index (κ1) is 25.7. The maximum atomic E-state index is 14.0. The minimum atomic E-state index is -0.530. The summed E-state index contributed by atoms with van der Waals surface area (Å²) in [6, 6.07) is 20.7. The molecule has 1 N–H and O–H groups in total. The first-order valence-electron chi connectivity index (χ1n) is 13.5. The van der Waals surface area contributed by atoms with Crippen molar-refractivity contribution in [2.24, 2.45) is 10.9 Å². The third kappa shape index (κ3) is 4.60. The largest absolute Gasteiger partial charge is 0.508 e. The maximum absolute atomic E-state index is 14.0. The first-order valence-corrected chi connectivity index (χ1v) is 13.5. The number of phenols is 1. The number of aryl methyl sites for hydroxylation is 1. The van der Waals surface area contributed by atoms with Crippen LogP contribution in [0.1, 0.15) is 62.3 Å². The molecule has 3 aromatic carbocycles. The van der Waals surface area contributed by atoms with E-state index in [-0.39, 0.29) is 23.4 Å². The van der Waals surface area contributed by atoms with Crippen molar-refractivity contribution in [2.45, 2.75) is 52.5 Å². The van der Waals surface area contributed by atoms with Gasteiger partial charge >= 0.3 is 0 Å². The molecular weight excluding hydrogens is 474 g/mol. The zero-order chi connectivity index (χ0) is 27.0. The van der Waals surface area contributed by atoms with Crippen LogP contribution in [0, 0.1) is 12.8 Å². The Balaban J connectivity index is 1.66. The molecule has 1 aliphatic carbocycles. The number of hydrogen-bond acceptors (Lipinski definition) is 5. The van der Waals surface area contributed by atoms with Crippen molar-refractivity contribution in [3.63, 3.8) is 0 Å². The van der Waals surface area contributed by atoms with Crippen LogP contribution in [0.4, 0.5) is 17.1 Å². The molecule has 3 unspecified atom stereocenters. The molecule has 6 heteroatoms. The van der Waals surface area contributed by atoms with Crippen LogP contribution in [0.5, 0.6) is 5.75 Å². The number of phenolic OH excluding ortho intramolecular Hbond substituents is 1. The highest BCUT2D eigenvalue weighted by atomic mass is 16.3. The van der Waals surface area contributed by atoms with Crippen LogP contribution in [0.25, 0.3) is 0 Å². The number of anilines is 2. The monoisotopic (exact) mass is 509 g/mol. The van der Waals surface area contributed by atoms with Gasteiger partial charge in [0.15, 0.2) is 0 Å². The summed E-state index contributed by atoms with van der Waals surface area (Å²) in [5.74, 6) is -0.377. The van der Waals surface area contributed by atoms with Gasteiger partial charge < -0.3 is 14.9 Å². The van der Waals surface area contributed by atoms with Crippen molar-refractivity contribution in [1.82, 2.24) is 0 Å². The zero-order valence-corrected chi connectivity index (χ0v) is 22.5. The molecule has 38 heavy (non-hydrogen) atoms. The number of aromatic hydroxyl groups is 1. The molecule has 3 atom stereocenters. The minimum Gasteiger partial charge on any atom is -0.508 e. The minimum absolute atomic E-state index is 0.0269. The van der Waals surface area contributed by atoms with E-state index in [4.69, 9.17) is 4.99 Å². The number of amides is 1. The number of carbonyl (C=O) groups excluding carboxylic acids is 2. The number of para-hydroxylation sites is 2. The van der Waals surface area contributed by atoms with Crippen LogP contribution in [0.3, 0.4) is 0 Å². The quantitative estimate of drug-likeness (QED) is 0.427. The van der Waals surface area contributed by atoms with Crippen molar-refractivity contribution in [3.8, 4) is 5.75 Å². The van der Waals surface area contributed by atoms with Gasteiger partial charge in [-0.15, -0.1) is 0 Å². The lowest BCUT2D eigenvalue weighted by Gasteiger charge is -2.39. The maximum Gasteiger partial charge on any atom is 0.224 e. The predicted octanol–water partition coefficient (Wildman–Crippen LogP) is 6.49. The molecule has 6 nitrogen and oxygen atoms in total. The fourth-order valence-corrected chi connectivity index (χ4v) is 6.14. The van der Waals surface area contributed by atoms with Crippen LogP contribution in [0.2, 0.25) is 0 Å². The average molecular weight is 510 g/mol. The highest BCUT2D eigenvalue weighted by Crippen LogP contribution is 2.48. The Morgan fingerprint density at radius 3 is 2.39 bits per heavy atom. The summed E-state index contributed by atoms with van der Waals surface area (Å²) in [7, 11) is 0. The van der Waals surface area contributed by atoms with Gasteiger partial charge in [-0.25, -0.2) is 0 Å². The Morgan fingerprint density at radius 2 is 1.74 bits per heavy atom. The van der Waals surface area contributed by atoms with Gasteiger partial charge in [-0.05, 0) is 86.2 Å². The summed E-state index contributed by atoms with van der Waals surface area (Å²) in [6.45, 7) is 9.73. The van der Waals surface area contributed by atoms with Crippen molar-refractivity contribution in [1.29, 1.82) is 0 Å². The van der Waals surface area contributed by atoms with Gasteiger partial charge in [-0.3, -0.25) is 14.6 Å². The van der Waals surface area contributed by atoms with Gasteiger partial charge in [0.1, 0.15) is 11.5 Å². The molecule has 2 aliphatic rings. The second-order valence-electron chi connectivity index (χ2n) is 10.3. The van der Waals surface area contributed by atoms with Gasteiger partial charge in [0.05, 0.1) is 23.3 Å². The summed E-state index contributed by atoms with van der Waals surface area (Å²) < 4.78 is 0. The van der Waals surface area contributed by atoms with Gasteiger partial charge in [-0.1, -0.05) is 30.3 Å². The summed E-state index contributed by atoms with van der Waals surface area (Å²) in [4.78, 5) is 36.5.